The molecule has 1 N–H and O–H groups in total. The Kier molecular flexibility index (Phi) is 3.57. The molecule has 0 aliphatic heterocycles. The molecule has 12 heavy (non-hydrogen) atoms. The van der Waals surface area contributed by atoms with E-state index in [0.717, 1.165) is 25.3 Å². The molecule has 0 aromatic carbocycles. The number of amides is 1. The van der Waals surface area contributed by atoms with Gasteiger partial charge in [-0.3, -0.25) is 4.79 Å². The van der Waals surface area contributed by atoms with Gasteiger partial charge in [-0.1, -0.05) is 13.3 Å². The van der Waals surface area contributed by atoms with E-state index in [1.165, 1.54) is 12.8 Å². The molecule has 0 aromatic heterocycles. The van der Waals surface area contributed by atoms with Crippen molar-refractivity contribution < 1.29 is 4.79 Å². The summed E-state index contributed by atoms with van der Waals surface area (Å²) >= 11 is 0. The van der Waals surface area contributed by atoms with Gasteiger partial charge in [0.15, 0.2) is 0 Å². The zero-order valence-corrected chi connectivity index (χ0v) is 8.10. The smallest absolute Gasteiger partial charge is 0.223 e. The minimum Gasteiger partial charge on any atom is -0.356 e. The van der Waals surface area contributed by atoms with Gasteiger partial charge in [-0.05, 0) is 32.1 Å². The lowest BCUT2D eigenvalue weighted by Crippen LogP contribution is -2.29. The van der Waals surface area contributed by atoms with E-state index in [2.05, 4.69) is 12.2 Å². The van der Waals surface area contributed by atoms with Crippen LogP contribution >= 0.6 is 0 Å². The van der Waals surface area contributed by atoms with Gasteiger partial charge in [-0.25, -0.2) is 0 Å². The number of rotatable bonds is 3. The molecular formula is C10H19NO. The second-order valence-electron chi connectivity index (χ2n) is 3.68. The van der Waals surface area contributed by atoms with Crippen LogP contribution in [0.4, 0.5) is 0 Å². The van der Waals surface area contributed by atoms with Crippen LogP contribution in [0.2, 0.25) is 0 Å². The van der Waals surface area contributed by atoms with Crippen molar-refractivity contribution in [2.75, 3.05) is 6.54 Å². The summed E-state index contributed by atoms with van der Waals surface area (Å²) in [5.74, 6) is 1.39. The molecular weight excluding hydrogens is 150 g/mol. The Labute approximate surface area is 74.7 Å². The Hall–Kier alpha value is -0.530. The lowest BCUT2D eigenvalue weighted by Gasteiger charge is -2.09. The number of hydrogen-bond acceptors (Lipinski definition) is 1. The average Bonchev–Trinajstić information content (AvgIpc) is 2.52. The van der Waals surface area contributed by atoms with Crippen molar-refractivity contribution in [1.82, 2.24) is 5.32 Å². The Morgan fingerprint density at radius 2 is 2.17 bits per heavy atom. The minimum absolute atomic E-state index is 0.272. The van der Waals surface area contributed by atoms with E-state index in [0.29, 0.717) is 5.92 Å². The van der Waals surface area contributed by atoms with Crippen LogP contribution in [0.1, 0.15) is 39.5 Å². The zero-order chi connectivity index (χ0) is 8.97. The van der Waals surface area contributed by atoms with Crippen molar-refractivity contribution >= 4 is 5.91 Å². The summed E-state index contributed by atoms with van der Waals surface area (Å²) in [5, 5.41) is 2.89. The molecule has 2 unspecified atom stereocenters. The zero-order valence-electron chi connectivity index (χ0n) is 8.10. The average molecular weight is 169 g/mol. The van der Waals surface area contributed by atoms with Gasteiger partial charge in [0, 0.05) is 12.5 Å². The van der Waals surface area contributed by atoms with Gasteiger partial charge in [0.2, 0.25) is 5.91 Å². The van der Waals surface area contributed by atoms with E-state index >= 15 is 0 Å². The summed E-state index contributed by atoms with van der Waals surface area (Å²) in [4.78, 5) is 11.4. The minimum atomic E-state index is 0.272. The Balaban J connectivity index is 2.31. The van der Waals surface area contributed by atoms with Crippen LogP contribution in [0.25, 0.3) is 0 Å². The Morgan fingerprint density at radius 3 is 2.67 bits per heavy atom. The van der Waals surface area contributed by atoms with Gasteiger partial charge in [-0.15, -0.1) is 0 Å². The highest BCUT2D eigenvalue weighted by Gasteiger charge is 2.28. The lowest BCUT2D eigenvalue weighted by molar-refractivity contribution is -0.124. The second kappa shape index (κ2) is 4.48. The van der Waals surface area contributed by atoms with Crippen molar-refractivity contribution in [3.8, 4) is 0 Å². The van der Waals surface area contributed by atoms with Gasteiger partial charge in [-0.2, -0.15) is 0 Å². The molecule has 0 spiro atoms. The van der Waals surface area contributed by atoms with Crippen LogP contribution in [0.5, 0.6) is 0 Å². The predicted molar refractivity (Wildman–Crippen MR) is 49.8 cm³/mol. The van der Waals surface area contributed by atoms with Crippen molar-refractivity contribution in [3.05, 3.63) is 0 Å². The molecule has 1 aliphatic rings. The third-order valence-electron chi connectivity index (χ3n) is 2.84. The first-order valence-corrected chi connectivity index (χ1v) is 5.05. The van der Waals surface area contributed by atoms with E-state index in [1.54, 1.807) is 0 Å². The molecule has 1 aliphatic carbocycles. The second-order valence-corrected chi connectivity index (χ2v) is 3.68. The molecule has 2 atom stereocenters. The molecule has 0 heterocycles. The molecule has 0 aromatic rings. The molecule has 2 nitrogen and oxygen atoms in total. The maximum atomic E-state index is 11.4. The molecule has 1 amide bonds. The molecule has 70 valence electrons. The van der Waals surface area contributed by atoms with Crippen LogP contribution in [0.15, 0.2) is 0 Å². The maximum absolute atomic E-state index is 11.4. The maximum Gasteiger partial charge on any atom is 0.223 e. The van der Waals surface area contributed by atoms with Crippen LogP contribution in [0, 0.1) is 11.8 Å². The molecule has 0 saturated heterocycles. The highest BCUT2D eigenvalue weighted by Crippen LogP contribution is 2.32. The van der Waals surface area contributed by atoms with Gasteiger partial charge >= 0.3 is 0 Å². The van der Waals surface area contributed by atoms with E-state index in [9.17, 15) is 4.79 Å². The lowest BCUT2D eigenvalue weighted by atomic mass is 10.0. The topological polar surface area (TPSA) is 29.1 Å². The van der Waals surface area contributed by atoms with Crippen LogP contribution in [-0.2, 0) is 4.79 Å². The van der Waals surface area contributed by atoms with E-state index in [4.69, 9.17) is 0 Å². The monoisotopic (exact) mass is 169 g/mol. The van der Waals surface area contributed by atoms with Crippen molar-refractivity contribution in [3.63, 3.8) is 0 Å². The van der Waals surface area contributed by atoms with Crippen molar-refractivity contribution in [1.29, 1.82) is 0 Å². The fraction of sp³-hybridized carbons (Fsp3) is 0.900. The van der Waals surface area contributed by atoms with Crippen LogP contribution in [0.3, 0.4) is 0 Å². The summed E-state index contributed by atoms with van der Waals surface area (Å²) < 4.78 is 0. The van der Waals surface area contributed by atoms with E-state index < -0.39 is 0 Å². The third-order valence-corrected chi connectivity index (χ3v) is 2.84. The van der Waals surface area contributed by atoms with Gasteiger partial charge < -0.3 is 5.32 Å². The van der Waals surface area contributed by atoms with E-state index in [1.807, 2.05) is 6.92 Å². The first-order valence-electron chi connectivity index (χ1n) is 5.05. The molecule has 1 fully saturated rings. The van der Waals surface area contributed by atoms with Crippen LogP contribution < -0.4 is 5.32 Å². The number of carbonyl (C=O) groups excluding carboxylic acids is 1. The number of nitrogens with one attached hydrogen (secondary N) is 1. The van der Waals surface area contributed by atoms with Crippen LogP contribution in [-0.4, -0.2) is 12.5 Å². The molecule has 0 radical (unpaired) electrons. The third kappa shape index (κ3) is 2.23. The predicted octanol–water partition coefficient (Wildman–Crippen LogP) is 1.95. The fourth-order valence-corrected chi connectivity index (χ4v) is 2.00. The normalized spacial score (nSPS) is 28.8. The standard InChI is InChI=1S/C10H19NO/c1-3-8-5-6-9(7-8)10(12)11-4-2/h8-9H,3-7H2,1-2H3,(H,11,12). The van der Waals surface area contributed by atoms with Gasteiger partial charge in [0.05, 0.1) is 0 Å². The molecule has 0 bridgehead atoms. The van der Waals surface area contributed by atoms with Gasteiger partial charge in [0.25, 0.3) is 0 Å². The van der Waals surface area contributed by atoms with E-state index in [-0.39, 0.29) is 5.91 Å². The Morgan fingerprint density at radius 1 is 1.42 bits per heavy atom. The summed E-state index contributed by atoms with van der Waals surface area (Å²) in [6.07, 6.45) is 4.70. The SMILES string of the molecule is CCNC(=O)C1CCC(CC)C1. The molecule has 2 heteroatoms. The van der Waals surface area contributed by atoms with Crippen molar-refractivity contribution in [2.45, 2.75) is 39.5 Å². The molecule has 1 saturated carbocycles. The summed E-state index contributed by atoms with van der Waals surface area (Å²) in [6, 6.07) is 0. The Bertz CT molecular complexity index is 156. The summed E-state index contributed by atoms with van der Waals surface area (Å²) in [5.41, 5.74) is 0. The largest absolute Gasteiger partial charge is 0.356 e. The van der Waals surface area contributed by atoms with Gasteiger partial charge in [0.1, 0.15) is 0 Å². The number of hydrogen-bond donors (Lipinski definition) is 1. The summed E-state index contributed by atoms with van der Waals surface area (Å²) in [7, 11) is 0. The highest BCUT2D eigenvalue weighted by molar-refractivity contribution is 5.78. The number of carbonyl (C=O) groups is 1. The fourth-order valence-electron chi connectivity index (χ4n) is 2.00. The first-order chi connectivity index (χ1) is 5.77. The summed E-state index contributed by atoms with van der Waals surface area (Å²) in [6.45, 7) is 4.96. The highest BCUT2D eigenvalue weighted by atomic mass is 16.1. The quantitative estimate of drug-likeness (QED) is 0.687. The molecule has 1 rings (SSSR count). The van der Waals surface area contributed by atoms with Crippen molar-refractivity contribution in [2.24, 2.45) is 11.8 Å². The first kappa shape index (κ1) is 9.56.